The molecule has 0 aliphatic rings. The van der Waals surface area contributed by atoms with Gasteiger partial charge in [0.2, 0.25) is 0 Å². The Morgan fingerprint density at radius 2 is 1.67 bits per heavy atom. The van der Waals surface area contributed by atoms with Crippen LogP contribution in [-0.2, 0) is 0 Å². The lowest BCUT2D eigenvalue weighted by Gasteiger charge is -2.06. The van der Waals surface area contributed by atoms with Gasteiger partial charge in [-0.2, -0.15) is 15.8 Å². The van der Waals surface area contributed by atoms with E-state index in [2.05, 4.69) is 37.4 Å². The lowest BCUT2D eigenvalue weighted by molar-refractivity contribution is 1.01. The molecule has 4 rings (SSSR count). The average molecular weight is 408 g/mol. The van der Waals surface area contributed by atoms with Crippen LogP contribution in [0.15, 0.2) is 30.5 Å². The maximum Gasteiger partial charge on any atom is 0.151 e. The third-order valence-electron chi connectivity index (χ3n) is 4.24. The second-order valence-electron chi connectivity index (χ2n) is 6.38. The Hall–Kier alpha value is -4.39. The summed E-state index contributed by atoms with van der Waals surface area (Å²) in [5.41, 5.74) is 2.64. The number of hydrogen-bond acceptors (Lipinski definition) is 9. The van der Waals surface area contributed by atoms with Crippen LogP contribution in [0, 0.1) is 47.8 Å². The van der Waals surface area contributed by atoms with Gasteiger partial charge in [0, 0.05) is 23.5 Å². The predicted molar refractivity (Wildman–Crippen MR) is 112 cm³/mol. The third-order valence-corrected chi connectivity index (χ3v) is 5.33. The van der Waals surface area contributed by atoms with Crippen LogP contribution in [0.3, 0.4) is 0 Å². The summed E-state index contributed by atoms with van der Waals surface area (Å²) in [6.45, 7) is 3.70. The molecule has 0 fully saturated rings. The van der Waals surface area contributed by atoms with Crippen LogP contribution in [0.5, 0.6) is 0 Å². The van der Waals surface area contributed by atoms with Crippen LogP contribution in [0.1, 0.15) is 28.2 Å². The molecule has 30 heavy (non-hydrogen) atoms. The molecule has 0 atom stereocenters. The number of aryl methyl sites for hydroxylation is 2. The van der Waals surface area contributed by atoms with Crippen LogP contribution in [0.4, 0.5) is 11.6 Å². The third kappa shape index (κ3) is 3.40. The van der Waals surface area contributed by atoms with Gasteiger partial charge >= 0.3 is 0 Å². The van der Waals surface area contributed by atoms with Gasteiger partial charge in [0.05, 0.1) is 45.1 Å². The summed E-state index contributed by atoms with van der Waals surface area (Å²) in [6, 6.07) is 12.6. The Bertz CT molecular complexity index is 1380. The molecule has 3 aromatic heterocycles. The van der Waals surface area contributed by atoms with E-state index in [0.717, 1.165) is 10.4 Å². The number of rotatable bonds is 3. The van der Waals surface area contributed by atoms with Gasteiger partial charge < -0.3 is 5.32 Å². The van der Waals surface area contributed by atoms with E-state index in [1.807, 2.05) is 26.0 Å². The summed E-state index contributed by atoms with van der Waals surface area (Å²) < 4.78 is 0.763. The number of thiazole rings is 1. The van der Waals surface area contributed by atoms with Crippen LogP contribution in [-0.4, -0.2) is 19.9 Å². The van der Waals surface area contributed by atoms with Gasteiger partial charge in [-0.15, -0.1) is 11.3 Å². The average Bonchev–Trinajstić information content (AvgIpc) is 3.16. The lowest BCUT2D eigenvalue weighted by atomic mass is 9.99. The Morgan fingerprint density at radius 3 is 2.30 bits per heavy atom. The van der Waals surface area contributed by atoms with Crippen molar-refractivity contribution in [1.29, 1.82) is 15.8 Å². The quantitative estimate of drug-likeness (QED) is 0.535. The summed E-state index contributed by atoms with van der Waals surface area (Å²) >= 11 is 1.31. The van der Waals surface area contributed by atoms with Crippen molar-refractivity contribution in [3.63, 3.8) is 0 Å². The maximum absolute atomic E-state index is 9.57. The van der Waals surface area contributed by atoms with E-state index >= 15 is 0 Å². The van der Waals surface area contributed by atoms with Crippen molar-refractivity contribution in [2.75, 3.05) is 5.32 Å². The van der Waals surface area contributed by atoms with Gasteiger partial charge in [0.25, 0.3) is 0 Å². The highest BCUT2D eigenvalue weighted by molar-refractivity contribution is 7.22. The SMILES string of the molecule is Cc1cc(Nc2nccc3nc(-c4c(C#N)cc(C#N)cc4C#N)sc23)nc(C)n1. The van der Waals surface area contributed by atoms with Crippen molar-refractivity contribution in [3.8, 4) is 28.8 Å². The Labute approximate surface area is 175 Å². The second-order valence-corrected chi connectivity index (χ2v) is 7.37. The van der Waals surface area contributed by atoms with Crippen molar-refractivity contribution in [2.45, 2.75) is 13.8 Å². The first kappa shape index (κ1) is 18.9. The van der Waals surface area contributed by atoms with Gasteiger partial charge in [0.15, 0.2) is 5.82 Å². The Balaban J connectivity index is 1.87. The summed E-state index contributed by atoms with van der Waals surface area (Å²) in [5, 5.41) is 32.0. The minimum Gasteiger partial charge on any atom is -0.324 e. The molecule has 1 aromatic carbocycles. The molecule has 142 valence electrons. The minimum absolute atomic E-state index is 0.231. The fourth-order valence-corrected chi connectivity index (χ4v) is 4.15. The van der Waals surface area contributed by atoms with Gasteiger partial charge in [-0.3, -0.25) is 0 Å². The van der Waals surface area contributed by atoms with Crippen molar-refractivity contribution < 1.29 is 0 Å². The molecule has 0 saturated carbocycles. The van der Waals surface area contributed by atoms with E-state index in [1.54, 1.807) is 12.3 Å². The number of aromatic nitrogens is 4. The fraction of sp³-hybridized carbons (Fsp3) is 0.0952. The maximum atomic E-state index is 9.57. The number of hydrogen-bond donors (Lipinski definition) is 1. The number of benzene rings is 1. The molecule has 1 N–H and O–H groups in total. The number of anilines is 2. The second kappa shape index (κ2) is 7.56. The Morgan fingerprint density at radius 1 is 0.933 bits per heavy atom. The van der Waals surface area contributed by atoms with Crippen molar-refractivity contribution in [2.24, 2.45) is 0 Å². The molecule has 0 radical (unpaired) electrons. The van der Waals surface area contributed by atoms with Crippen LogP contribution in [0.2, 0.25) is 0 Å². The minimum atomic E-state index is 0.231. The summed E-state index contributed by atoms with van der Waals surface area (Å²) in [7, 11) is 0. The molecule has 8 nitrogen and oxygen atoms in total. The smallest absolute Gasteiger partial charge is 0.151 e. The standard InChI is InChI=1S/C21H12N8S/c1-11-5-17(27-12(2)26-11)29-20-19-16(3-4-25-20)28-21(30-19)18-14(9-23)6-13(8-22)7-15(18)10-24/h3-7H,1-2H3,(H,25,26,27,29). The Kier molecular flexibility index (Phi) is 4.77. The van der Waals surface area contributed by atoms with E-state index in [0.29, 0.717) is 33.5 Å². The molecule has 4 aromatic rings. The molecule has 0 unspecified atom stereocenters. The van der Waals surface area contributed by atoms with Crippen LogP contribution >= 0.6 is 11.3 Å². The van der Waals surface area contributed by atoms with E-state index in [1.165, 1.54) is 23.5 Å². The number of fused-ring (bicyclic) bond motifs is 1. The van der Waals surface area contributed by atoms with E-state index in [9.17, 15) is 10.5 Å². The molecular formula is C21H12N8S. The zero-order valence-electron chi connectivity index (χ0n) is 15.9. The van der Waals surface area contributed by atoms with E-state index in [4.69, 9.17) is 5.26 Å². The highest BCUT2D eigenvalue weighted by atomic mass is 32.1. The van der Waals surface area contributed by atoms with Crippen LogP contribution in [0.25, 0.3) is 20.8 Å². The van der Waals surface area contributed by atoms with Crippen LogP contribution < -0.4 is 5.32 Å². The first-order chi connectivity index (χ1) is 14.5. The van der Waals surface area contributed by atoms with Crippen molar-refractivity contribution in [3.05, 3.63) is 58.7 Å². The molecule has 0 amide bonds. The highest BCUT2D eigenvalue weighted by Gasteiger charge is 2.19. The number of pyridine rings is 1. The van der Waals surface area contributed by atoms with Gasteiger partial charge in [0.1, 0.15) is 16.6 Å². The van der Waals surface area contributed by atoms with Crippen molar-refractivity contribution in [1.82, 2.24) is 19.9 Å². The van der Waals surface area contributed by atoms with E-state index < -0.39 is 0 Å². The first-order valence-electron chi connectivity index (χ1n) is 8.76. The fourth-order valence-electron chi connectivity index (χ4n) is 3.07. The molecule has 0 spiro atoms. The van der Waals surface area contributed by atoms with Crippen molar-refractivity contribution >= 4 is 33.2 Å². The monoisotopic (exact) mass is 408 g/mol. The zero-order chi connectivity index (χ0) is 21.3. The summed E-state index contributed by atoms with van der Waals surface area (Å²) in [5.74, 6) is 1.83. The highest BCUT2D eigenvalue weighted by Crippen LogP contribution is 2.37. The molecule has 0 aliphatic carbocycles. The van der Waals surface area contributed by atoms with Gasteiger partial charge in [-0.05, 0) is 32.0 Å². The van der Waals surface area contributed by atoms with E-state index in [-0.39, 0.29) is 16.7 Å². The number of nitrogens with zero attached hydrogens (tertiary/aromatic N) is 7. The number of nitrogens with one attached hydrogen (secondary N) is 1. The lowest BCUT2D eigenvalue weighted by Crippen LogP contribution is -2.00. The molecule has 3 heterocycles. The summed E-state index contributed by atoms with van der Waals surface area (Å²) in [4.78, 5) is 17.7. The van der Waals surface area contributed by atoms with Gasteiger partial charge in [-0.25, -0.2) is 19.9 Å². The predicted octanol–water partition coefficient (Wildman–Crippen LogP) is 4.12. The first-order valence-corrected chi connectivity index (χ1v) is 9.57. The molecule has 9 heteroatoms. The topological polar surface area (TPSA) is 135 Å². The summed E-state index contributed by atoms with van der Waals surface area (Å²) in [6.07, 6.45) is 1.63. The normalized spacial score (nSPS) is 10.2. The zero-order valence-corrected chi connectivity index (χ0v) is 16.7. The molecule has 0 bridgehead atoms. The molecular weight excluding hydrogens is 396 g/mol. The number of nitriles is 3. The largest absolute Gasteiger partial charge is 0.324 e. The molecule has 0 saturated heterocycles. The van der Waals surface area contributed by atoms with Gasteiger partial charge in [-0.1, -0.05) is 0 Å². The molecule has 0 aliphatic heterocycles.